The number of rotatable bonds is 14. The summed E-state index contributed by atoms with van der Waals surface area (Å²) in [7, 11) is 0. The van der Waals surface area contributed by atoms with Crippen LogP contribution in [0.3, 0.4) is 0 Å². The summed E-state index contributed by atoms with van der Waals surface area (Å²) in [6, 6.07) is -1.77. The van der Waals surface area contributed by atoms with Crippen LogP contribution < -0.4 is 16.4 Å². The Hall–Kier alpha value is -1.83. The number of ether oxygens (including phenoxy) is 2. The van der Waals surface area contributed by atoms with Gasteiger partial charge >= 0.3 is 5.97 Å². The number of aliphatic hydroxyl groups excluding tert-OH is 3. The van der Waals surface area contributed by atoms with Crippen molar-refractivity contribution >= 4 is 17.8 Å². The molecule has 32 heavy (non-hydrogen) atoms. The molecule has 1 aliphatic rings. The smallest absolute Gasteiger partial charge is 0.303 e. The van der Waals surface area contributed by atoms with Gasteiger partial charge in [-0.05, 0) is 33.1 Å². The molecule has 7 atom stereocenters. The number of hydrogen-bond acceptors (Lipinski definition) is 9. The van der Waals surface area contributed by atoms with Crippen LogP contribution in [-0.2, 0) is 23.9 Å². The van der Waals surface area contributed by atoms with Crippen molar-refractivity contribution in [3.05, 3.63) is 0 Å². The first-order valence-electron chi connectivity index (χ1n) is 10.9. The summed E-state index contributed by atoms with van der Waals surface area (Å²) < 4.78 is 10.8. The highest BCUT2D eigenvalue weighted by molar-refractivity contribution is 5.89. The monoisotopic (exact) mass is 463 g/mol. The van der Waals surface area contributed by atoms with Crippen molar-refractivity contribution in [2.45, 2.75) is 95.2 Å². The quantitative estimate of drug-likeness (QED) is 0.144. The average Bonchev–Trinajstić information content (AvgIpc) is 2.74. The van der Waals surface area contributed by atoms with Crippen LogP contribution >= 0.6 is 0 Å². The maximum atomic E-state index is 12.3. The third-order valence-electron chi connectivity index (χ3n) is 5.15. The molecule has 0 aliphatic carbocycles. The van der Waals surface area contributed by atoms with Crippen molar-refractivity contribution < 1.29 is 44.3 Å². The van der Waals surface area contributed by atoms with Gasteiger partial charge in [0.25, 0.3) is 0 Å². The van der Waals surface area contributed by atoms with Gasteiger partial charge in [-0.3, -0.25) is 14.4 Å². The van der Waals surface area contributed by atoms with Crippen LogP contribution in [-0.4, -0.2) is 94.2 Å². The van der Waals surface area contributed by atoms with Gasteiger partial charge in [-0.1, -0.05) is 12.8 Å². The predicted molar refractivity (Wildman–Crippen MR) is 112 cm³/mol. The van der Waals surface area contributed by atoms with Crippen molar-refractivity contribution in [1.29, 1.82) is 0 Å². The van der Waals surface area contributed by atoms with Gasteiger partial charge in [0.2, 0.25) is 11.8 Å². The molecule has 1 rings (SSSR count). The first-order chi connectivity index (χ1) is 15.0. The molecule has 1 heterocycles. The van der Waals surface area contributed by atoms with Crippen LogP contribution in [0.25, 0.3) is 0 Å². The average molecular weight is 464 g/mol. The van der Waals surface area contributed by atoms with Crippen molar-refractivity contribution in [2.75, 3.05) is 13.2 Å². The SMILES string of the molecule is C[C@@H]1O[C@H](OCCCCCCNC(=O)[C@H](CCC(=O)O)NC(=O)[C@@H](C)N)[C@@H](O)[C@H](O)[C@@H]1O. The number of nitrogens with one attached hydrogen (secondary N) is 2. The Morgan fingerprint density at radius 3 is 2.31 bits per heavy atom. The predicted octanol–water partition coefficient (Wildman–Crippen LogP) is -1.80. The van der Waals surface area contributed by atoms with E-state index in [9.17, 15) is 29.7 Å². The summed E-state index contributed by atoms with van der Waals surface area (Å²) >= 11 is 0. The lowest BCUT2D eigenvalue weighted by atomic mass is 10.0. The van der Waals surface area contributed by atoms with Crippen molar-refractivity contribution in [3.8, 4) is 0 Å². The van der Waals surface area contributed by atoms with Gasteiger partial charge in [0.1, 0.15) is 24.4 Å². The number of hydrogen-bond donors (Lipinski definition) is 7. The Morgan fingerprint density at radius 2 is 1.69 bits per heavy atom. The second-order valence-electron chi connectivity index (χ2n) is 8.04. The minimum atomic E-state index is -1.33. The van der Waals surface area contributed by atoms with Gasteiger partial charge in [0.15, 0.2) is 6.29 Å². The molecular formula is C20H37N3O9. The molecule has 0 aromatic carbocycles. The summed E-state index contributed by atoms with van der Waals surface area (Å²) in [5.74, 6) is -2.05. The van der Waals surface area contributed by atoms with Crippen LogP contribution in [0.4, 0.5) is 0 Å². The third kappa shape index (κ3) is 9.76. The van der Waals surface area contributed by atoms with Gasteiger partial charge in [0, 0.05) is 19.6 Å². The van der Waals surface area contributed by atoms with Gasteiger partial charge in [-0.2, -0.15) is 0 Å². The molecule has 0 bridgehead atoms. The van der Waals surface area contributed by atoms with Crippen LogP contribution in [0.15, 0.2) is 0 Å². The molecule has 1 saturated heterocycles. The number of nitrogens with two attached hydrogens (primary N) is 1. The number of carboxylic acid groups (broad SMARTS) is 1. The highest BCUT2D eigenvalue weighted by Gasteiger charge is 2.42. The summed E-state index contributed by atoms with van der Waals surface area (Å²) in [5, 5.41) is 43.3. The zero-order valence-corrected chi connectivity index (χ0v) is 18.6. The molecule has 0 spiro atoms. The standard InChI is InChI=1S/C20H37N3O9/c1-11(21)18(29)23-13(7-8-14(24)25)19(30)22-9-5-3-4-6-10-31-20-17(28)16(27)15(26)12(2)32-20/h11-13,15-17,20,26-28H,3-10,21H2,1-2H3,(H,22,30)(H,23,29)(H,24,25)/t11-,12+,13+,15-,16-,17+,20+/m1/s1. The third-order valence-corrected chi connectivity index (χ3v) is 5.15. The molecular weight excluding hydrogens is 426 g/mol. The zero-order chi connectivity index (χ0) is 24.3. The number of carboxylic acids is 1. The minimum absolute atomic E-state index is 0.0314. The van der Waals surface area contributed by atoms with Gasteiger partial charge in [-0.15, -0.1) is 0 Å². The van der Waals surface area contributed by atoms with Crippen molar-refractivity contribution in [3.63, 3.8) is 0 Å². The number of carbonyl (C=O) groups is 3. The second kappa shape index (κ2) is 14.3. The summed E-state index contributed by atoms with van der Waals surface area (Å²) in [5.41, 5.74) is 5.48. The highest BCUT2D eigenvalue weighted by Crippen LogP contribution is 2.22. The number of amides is 2. The maximum Gasteiger partial charge on any atom is 0.303 e. The first kappa shape index (κ1) is 28.2. The fraction of sp³-hybridized carbons (Fsp3) is 0.850. The van der Waals surface area contributed by atoms with E-state index in [4.69, 9.17) is 20.3 Å². The Kier molecular flexibility index (Phi) is 12.6. The van der Waals surface area contributed by atoms with E-state index in [1.807, 2.05) is 0 Å². The summed E-state index contributed by atoms with van der Waals surface area (Å²) in [4.78, 5) is 34.8. The molecule has 8 N–H and O–H groups in total. The normalized spacial score (nSPS) is 27.4. The van der Waals surface area contributed by atoms with Crippen molar-refractivity contribution in [1.82, 2.24) is 10.6 Å². The Balaban J connectivity index is 2.23. The van der Waals surface area contributed by atoms with E-state index in [1.165, 1.54) is 6.92 Å². The molecule has 0 aromatic heterocycles. The lowest BCUT2D eigenvalue weighted by Crippen LogP contribution is -2.57. The number of aliphatic hydroxyl groups is 3. The fourth-order valence-electron chi connectivity index (χ4n) is 3.11. The number of unbranched alkanes of at least 4 members (excludes halogenated alkanes) is 3. The van der Waals surface area contributed by atoms with E-state index in [0.29, 0.717) is 26.0 Å². The largest absolute Gasteiger partial charge is 0.481 e. The van der Waals surface area contributed by atoms with E-state index in [-0.39, 0.29) is 12.8 Å². The van der Waals surface area contributed by atoms with Crippen LogP contribution in [0.1, 0.15) is 52.4 Å². The van der Waals surface area contributed by atoms with Gasteiger partial charge in [-0.25, -0.2) is 0 Å². The van der Waals surface area contributed by atoms with E-state index in [0.717, 1.165) is 12.8 Å². The maximum absolute atomic E-state index is 12.3. The lowest BCUT2D eigenvalue weighted by Gasteiger charge is -2.38. The van der Waals surface area contributed by atoms with Crippen LogP contribution in [0.2, 0.25) is 0 Å². The van der Waals surface area contributed by atoms with E-state index in [1.54, 1.807) is 6.92 Å². The molecule has 0 aromatic rings. The van der Waals surface area contributed by atoms with E-state index < -0.39 is 60.6 Å². The summed E-state index contributed by atoms with van der Waals surface area (Å²) in [6.07, 6.45) is -2.88. The first-order valence-corrected chi connectivity index (χ1v) is 10.9. The molecule has 1 aliphatic heterocycles. The minimum Gasteiger partial charge on any atom is -0.481 e. The van der Waals surface area contributed by atoms with Gasteiger partial charge in [0.05, 0.1) is 12.1 Å². The number of aliphatic carboxylic acids is 1. The van der Waals surface area contributed by atoms with Crippen LogP contribution in [0, 0.1) is 0 Å². The Labute approximate surface area is 187 Å². The molecule has 0 saturated carbocycles. The van der Waals surface area contributed by atoms with Crippen molar-refractivity contribution in [2.24, 2.45) is 5.73 Å². The molecule has 12 nitrogen and oxygen atoms in total. The van der Waals surface area contributed by atoms with Gasteiger partial charge < -0.3 is 46.3 Å². The molecule has 1 fully saturated rings. The van der Waals surface area contributed by atoms with E-state index in [2.05, 4.69) is 10.6 Å². The Bertz CT molecular complexity index is 605. The molecule has 0 unspecified atom stereocenters. The lowest BCUT2D eigenvalue weighted by molar-refractivity contribution is -0.293. The molecule has 0 radical (unpaired) electrons. The zero-order valence-electron chi connectivity index (χ0n) is 18.6. The fourth-order valence-corrected chi connectivity index (χ4v) is 3.11. The summed E-state index contributed by atoms with van der Waals surface area (Å²) in [6.45, 7) is 3.71. The van der Waals surface area contributed by atoms with Crippen LogP contribution in [0.5, 0.6) is 0 Å². The van der Waals surface area contributed by atoms with E-state index >= 15 is 0 Å². The highest BCUT2D eigenvalue weighted by atomic mass is 16.7. The second-order valence-corrected chi connectivity index (χ2v) is 8.04. The Morgan fingerprint density at radius 1 is 1.03 bits per heavy atom. The molecule has 12 heteroatoms. The number of carbonyl (C=O) groups excluding carboxylic acids is 2. The topological polar surface area (TPSA) is 201 Å². The molecule has 2 amide bonds. The molecule has 186 valence electrons.